The molecule has 0 bridgehead atoms. The van der Waals surface area contributed by atoms with Crippen LogP contribution in [0.3, 0.4) is 0 Å². The molecule has 2 heteroatoms. The van der Waals surface area contributed by atoms with Gasteiger partial charge in [0.15, 0.2) is 0 Å². The van der Waals surface area contributed by atoms with E-state index in [1.165, 1.54) is 0 Å². The minimum Gasteiger partial charge on any atom is -0.390 e. The molecule has 0 amide bonds. The Morgan fingerprint density at radius 3 is 2.08 bits per heavy atom. The van der Waals surface area contributed by atoms with Crippen LogP contribution in [0.4, 0.5) is 0 Å². The maximum atomic E-state index is 9.75. The fraction of sp³-hybridized carbons (Fsp3) is 1.00. The molecule has 1 N–H and O–H groups in total. The summed E-state index contributed by atoms with van der Waals surface area (Å²) in [6, 6.07) is 0. The molecule has 2 unspecified atom stereocenters. The van der Waals surface area contributed by atoms with E-state index in [2.05, 4.69) is 13.8 Å². The van der Waals surface area contributed by atoms with Crippen molar-refractivity contribution in [1.82, 2.24) is 0 Å². The molecule has 0 aliphatic heterocycles. The zero-order valence-corrected chi connectivity index (χ0v) is 8.92. The molecule has 0 aliphatic carbocycles. The van der Waals surface area contributed by atoms with Gasteiger partial charge in [-0.3, -0.25) is 0 Å². The van der Waals surface area contributed by atoms with Gasteiger partial charge in [-0.1, -0.05) is 20.8 Å². The second kappa shape index (κ2) is 4.83. The van der Waals surface area contributed by atoms with E-state index in [0.717, 1.165) is 6.42 Å². The van der Waals surface area contributed by atoms with Crippen LogP contribution in [0.5, 0.6) is 0 Å². The van der Waals surface area contributed by atoms with Crippen molar-refractivity contribution in [3.8, 4) is 0 Å². The van der Waals surface area contributed by atoms with Crippen LogP contribution >= 0.6 is 0 Å². The van der Waals surface area contributed by atoms with Crippen LogP contribution in [0.15, 0.2) is 0 Å². The summed E-state index contributed by atoms with van der Waals surface area (Å²) in [4.78, 5) is 0. The average molecular weight is 174 g/mol. The van der Waals surface area contributed by atoms with Crippen LogP contribution in [0.25, 0.3) is 0 Å². The molecule has 0 heterocycles. The molecule has 0 fully saturated rings. The molecule has 0 aromatic heterocycles. The van der Waals surface area contributed by atoms with Gasteiger partial charge in [-0.25, -0.2) is 0 Å². The first kappa shape index (κ1) is 11.9. The lowest BCUT2D eigenvalue weighted by atomic mass is 9.85. The summed E-state index contributed by atoms with van der Waals surface area (Å²) in [5, 5.41) is 9.75. The Kier molecular flexibility index (Phi) is 4.80. The molecule has 12 heavy (non-hydrogen) atoms. The van der Waals surface area contributed by atoms with Gasteiger partial charge in [0.2, 0.25) is 0 Å². The third-order valence-corrected chi connectivity index (χ3v) is 2.65. The molecule has 0 spiro atoms. The van der Waals surface area contributed by atoms with Gasteiger partial charge in [0.1, 0.15) is 0 Å². The van der Waals surface area contributed by atoms with E-state index in [-0.39, 0.29) is 11.7 Å². The third kappa shape index (κ3) is 2.46. The average Bonchev–Trinajstić information content (AvgIpc) is 2.03. The predicted molar refractivity (Wildman–Crippen MR) is 51.2 cm³/mol. The van der Waals surface area contributed by atoms with E-state index in [4.69, 9.17) is 4.74 Å². The van der Waals surface area contributed by atoms with Crippen LogP contribution in [0.1, 0.15) is 41.0 Å². The van der Waals surface area contributed by atoms with Crippen molar-refractivity contribution in [3.05, 3.63) is 0 Å². The van der Waals surface area contributed by atoms with Gasteiger partial charge in [-0.05, 0) is 26.2 Å². The molecule has 0 saturated carbocycles. The Morgan fingerprint density at radius 1 is 1.33 bits per heavy atom. The third-order valence-electron chi connectivity index (χ3n) is 2.65. The Labute approximate surface area is 75.9 Å². The van der Waals surface area contributed by atoms with Crippen molar-refractivity contribution in [3.63, 3.8) is 0 Å². The van der Waals surface area contributed by atoms with Crippen LogP contribution in [0, 0.1) is 5.92 Å². The van der Waals surface area contributed by atoms with Crippen molar-refractivity contribution in [1.29, 1.82) is 0 Å². The van der Waals surface area contributed by atoms with E-state index >= 15 is 0 Å². The van der Waals surface area contributed by atoms with Crippen LogP contribution in [-0.2, 0) is 4.74 Å². The van der Waals surface area contributed by atoms with E-state index in [9.17, 15) is 5.11 Å². The summed E-state index contributed by atoms with van der Waals surface area (Å²) in [5.41, 5.74) is -0.385. The predicted octanol–water partition coefficient (Wildman–Crippen LogP) is 2.21. The minimum atomic E-state index is -0.385. The Bertz CT molecular complexity index is 123. The highest BCUT2D eigenvalue weighted by molar-refractivity contribution is 4.86. The van der Waals surface area contributed by atoms with E-state index in [1.54, 1.807) is 0 Å². The maximum Gasteiger partial charge on any atom is 0.0934 e. The van der Waals surface area contributed by atoms with Crippen LogP contribution in [-0.4, -0.2) is 23.4 Å². The number of hydrogen-bond acceptors (Lipinski definition) is 2. The fourth-order valence-electron chi connectivity index (χ4n) is 1.36. The minimum absolute atomic E-state index is 0.340. The zero-order chi connectivity index (χ0) is 9.78. The maximum absolute atomic E-state index is 9.75. The molecular weight excluding hydrogens is 152 g/mol. The highest BCUT2D eigenvalue weighted by atomic mass is 16.5. The number of rotatable bonds is 5. The number of aliphatic hydroxyl groups excluding tert-OH is 1. The monoisotopic (exact) mass is 174 g/mol. The number of aliphatic hydroxyl groups is 1. The highest BCUT2D eigenvalue weighted by Gasteiger charge is 2.35. The molecule has 0 aromatic rings. The molecule has 2 atom stereocenters. The van der Waals surface area contributed by atoms with Gasteiger partial charge < -0.3 is 9.84 Å². The second-order valence-electron chi connectivity index (χ2n) is 3.70. The van der Waals surface area contributed by atoms with E-state index in [1.807, 2.05) is 20.8 Å². The lowest BCUT2D eigenvalue weighted by Crippen LogP contribution is -2.46. The normalized spacial score (nSPS) is 19.2. The lowest BCUT2D eigenvalue weighted by Gasteiger charge is -2.37. The standard InChI is InChI=1S/C10H22O2/c1-6-9(11)10(5,8(3)4)12-7-2/h8-9,11H,6-7H2,1-5H3. The van der Waals surface area contributed by atoms with Crippen molar-refractivity contribution in [2.45, 2.75) is 52.7 Å². The fourth-order valence-corrected chi connectivity index (χ4v) is 1.36. The van der Waals surface area contributed by atoms with Gasteiger partial charge >= 0.3 is 0 Å². The Balaban J connectivity index is 4.37. The molecule has 2 nitrogen and oxygen atoms in total. The Hall–Kier alpha value is -0.0800. The van der Waals surface area contributed by atoms with Gasteiger partial charge in [0.25, 0.3) is 0 Å². The Morgan fingerprint density at radius 2 is 1.83 bits per heavy atom. The lowest BCUT2D eigenvalue weighted by molar-refractivity contribution is -0.136. The zero-order valence-electron chi connectivity index (χ0n) is 8.92. The summed E-state index contributed by atoms with van der Waals surface area (Å²) >= 11 is 0. The highest BCUT2D eigenvalue weighted by Crippen LogP contribution is 2.27. The summed E-state index contributed by atoms with van der Waals surface area (Å²) < 4.78 is 5.59. The van der Waals surface area contributed by atoms with Gasteiger partial charge in [-0.2, -0.15) is 0 Å². The molecule has 0 aromatic carbocycles. The molecule has 0 aliphatic rings. The van der Waals surface area contributed by atoms with Gasteiger partial charge in [-0.15, -0.1) is 0 Å². The molecule has 0 rings (SSSR count). The summed E-state index contributed by atoms with van der Waals surface area (Å²) in [5.74, 6) is 0.340. The van der Waals surface area contributed by atoms with Crippen molar-refractivity contribution in [2.75, 3.05) is 6.61 Å². The molecular formula is C10H22O2. The quantitative estimate of drug-likeness (QED) is 0.692. The largest absolute Gasteiger partial charge is 0.390 e. The van der Waals surface area contributed by atoms with Crippen molar-refractivity contribution < 1.29 is 9.84 Å². The number of hydrogen-bond donors (Lipinski definition) is 1. The van der Waals surface area contributed by atoms with E-state index in [0.29, 0.717) is 12.5 Å². The summed E-state index contributed by atoms with van der Waals surface area (Å²) in [6.07, 6.45) is 0.381. The first-order chi connectivity index (χ1) is 5.49. The first-order valence-corrected chi connectivity index (χ1v) is 4.81. The SMILES string of the molecule is CCOC(C)(C(C)C)C(O)CC. The smallest absolute Gasteiger partial charge is 0.0934 e. The van der Waals surface area contributed by atoms with Crippen molar-refractivity contribution in [2.24, 2.45) is 5.92 Å². The summed E-state index contributed by atoms with van der Waals surface area (Å²) in [6.45, 7) is 10.7. The molecule has 0 radical (unpaired) electrons. The second-order valence-corrected chi connectivity index (χ2v) is 3.70. The first-order valence-electron chi connectivity index (χ1n) is 4.81. The van der Waals surface area contributed by atoms with Gasteiger partial charge in [0, 0.05) is 6.61 Å². The molecule has 0 saturated heterocycles. The van der Waals surface area contributed by atoms with Crippen LogP contribution < -0.4 is 0 Å². The summed E-state index contributed by atoms with van der Waals surface area (Å²) in [7, 11) is 0. The van der Waals surface area contributed by atoms with Crippen molar-refractivity contribution >= 4 is 0 Å². The molecule has 74 valence electrons. The van der Waals surface area contributed by atoms with E-state index < -0.39 is 0 Å². The number of ether oxygens (including phenoxy) is 1. The van der Waals surface area contributed by atoms with Crippen LogP contribution in [0.2, 0.25) is 0 Å². The topological polar surface area (TPSA) is 29.5 Å². The van der Waals surface area contributed by atoms with Gasteiger partial charge in [0.05, 0.1) is 11.7 Å².